The molecular weight excluding hydrogens is 350 g/mol. The molecule has 4 nitrogen and oxygen atoms in total. The van der Waals surface area contributed by atoms with Crippen molar-refractivity contribution < 1.29 is 19.4 Å². The lowest BCUT2D eigenvalue weighted by atomic mass is 9.48. The van der Waals surface area contributed by atoms with Gasteiger partial charge in [0.15, 0.2) is 0 Å². The number of morpholine rings is 1. The van der Waals surface area contributed by atoms with Crippen molar-refractivity contribution in [3.05, 3.63) is 11.6 Å². The highest BCUT2D eigenvalue weighted by molar-refractivity contribution is 5.25. The molecule has 0 bridgehead atoms. The molecule has 0 aromatic carbocycles. The minimum Gasteiger partial charge on any atom is -0.393 e. The van der Waals surface area contributed by atoms with Gasteiger partial charge in [-0.05, 0) is 61.7 Å². The average Bonchev–Trinajstić information content (AvgIpc) is 2.95. The first kappa shape index (κ1) is 19.5. The molecule has 8 atom stereocenters. The zero-order valence-corrected chi connectivity index (χ0v) is 18.1. The molecule has 28 heavy (non-hydrogen) atoms. The summed E-state index contributed by atoms with van der Waals surface area (Å²) < 4.78 is 6.64. The van der Waals surface area contributed by atoms with E-state index in [1.54, 1.807) is 5.57 Å². The van der Waals surface area contributed by atoms with E-state index in [2.05, 4.69) is 27.0 Å². The Balaban J connectivity index is 1.45. The first-order valence-corrected chi connectivity index (χ1v) is 11.8. The van der Waals surface area contributed by atoms with E-state index < -0.39 is 0 Å². The fourth-order valence-corrected chi connectivity index (χ4v) is 8.32. The molecule has 1 aliphatic heterocycles. The van der Waals surface area contributed by atoms with Crippen LogP contribution in [-0.4, -0.2) is 66.3 Å². The largest absolute Gasteiger partial charge is 0.393 e. The van der Waals surface area contributed by atoms with Crippen LogP contribution >= 0.6 is 0 Å². The lowest BCUT2D eigenvalue weighted by Crippen LogP contribution is -2.61. The van der Waals surface area contributed by atoms with E-state index in [-0.39, 0.29) is 23.0 Å². The van der Waals surface area contributed by atoms with Crippen LogP contribution in [-0.2, 0) is 4.74 Å². The molecule has 158 valence electrons. The maximum atomic E-state index is 11.6. The second-order valence-electron chi connectivity index (χ2n) is 11.5. The summed E-state index contributed by atoms with van der Waals surface area (Å²) in [5.74, 6) is 2.07. The first-order chi connectivity index (χ1) is 13.3. The molecule has 5 aliphatic rings. The molecule has 0 spiro atoms. The summed E-state index contributed by atoms with van der Waals surface area (Å²) in [5, 5.41) is 21.8. The predicted octanol–water partition coefficient (Wildman–Crippen LogP) is 3.13. The van der Waals surface area contributed by atoms with Gasteiger partial charge in [0.05, 0.1) is 26.4 Å². The average molecular weight is 391 g/mol. The van der Waals surface area contributed by atoms with Crippen LogP contribution in [0.3, 0.4) is 0 Å². The Morgan fingerprint density at radius 3 is 2.57 bits per heavy atom. The lowest BCUT2D eigenvalue weighted by molar-refractivity contribution is -0.943. The third-order valence-corrected chi connectivity index (χ3v) is 10.3. The number of fused-ring (bicyclic) bond motifs is 5. The minimum absolute atomic E-state index is 0.0707. The molecule has 4 aliphatic carbocycles. The molecule has 5 rings (SSSR count). The van der Waals surface area contributed by atoms with E-state index in [4.69, 9.17) is 4.74 Å². The summed E-state index contributed by atoms with van der Waals surface area (Å²) in [6.07, 6.45) is 9.92. The molecule has 0 aromatic rings. The van der Waals surface area contributed by atoms with Gasteiger partial charge in [-0.3, -0.25) is 0 Å². The van der Waals surface area contributed by atoms with Crippen molar-refractivity contribution in [3.8, 4) is 0 Å². The summed E-state index contributed by atoms with van der Waals surface area (Å²) >= 11 is 0. The van der Waals surface area contributed by atoms with E-state index in [1.165, 1.54) is 19.3 Å². The fourth-order valence-electron chi connectivity index (χ4n) is 8.32. The SMILES string of the molecule is C[C@]12CC[C@H]3[C@@H](CC=C4C[C@@H](O)CC[C@@]43C)[C@@H]1C[C@H]([N+]1(C)CCOCC1)[C@@H]2O. The number of aliphatic hydroxyl groups excluding tert-OH is 2. The van der Waals surface area contributed by atoms with Crippen LogP contribution in [0.2, 0.25) is 0 Å². The number of likely N-dealkylation sites (N-methyl/N-ethyl adjacent to an activating group) is 1. The van der Waals surface area contributed by atoms with Gasteiger partial charge in [0.25, 0.3) is 0 Å². The quantitative estimate of drug-likeness (QED) is 0.534. The number of nitrogens with zero attached hydrogens (tertiary/aromatic N) is 1. The molecule has 0 aromatic heterocycles. The molecule has 1 heterocycles. The van der Waals surface area contributed by atoms with Gasteiger partial charge in [-0.1, -0.05) is 25.5 Å². The third kappa shape index (κ3) is 2.64. The molecular formula is C24H40NO3+. The van der Waals surface area contributed by atoms with Crippen molar-refractivity contribution in [2.75, 3.05) is 33.4 Å². The van der Waals surface area contributed by atoms with E-state index in [0.717, 1.165) is 62.4 Å². The van der Waals surface area contributed by atoms with Crippen LogP contribution in [0.15, 0.2) is 11.6 Å². The summed E-state index contributed by atoms with van der Waals surface area (Å²) in [4.78, 5) is 0. The van der Waals surface area contributed by atoms with Gasteiger partial charge in [0.2, 0.25) is 0 Å². The normalized spacial score (nSPS) is 53.0. The second-order valence-corrected chi connectivity index (χ2v) is 11.5. The Bertz CT molecular complexity index is 656. The highest BCUT2D eigenvalue weighted by Gasteiger charge is 2.64. The zero-order chi connectivity index (χ0) is 19.7. The Labute approximate surface area is 170 Å². The Kier molecular flexibility index (Phi) is 4.56. The number of hydrogen-bond acceptors (Lipinski definition) is 3. The number of rotatable bonds is 1. The molecule has 1 saturated heterocycles. The van der Waals surface area contributed by atoms with Crippen LogP contribution in [0.1, 0.15) is 58.8 Å². The fraction of sp³-hybridized carbons (Fsp3) is 0.917. The van der Waals surface area contributed by atoms with Gasteiger partial charge in [-0.25, -0.2) is 0 Å². The predicted molar refractivity (Wildman–Crippen MR) is 110 cm³/mol. The van der Waals surface area contributed by atoms with Crippen molar-refractivity contribution >= 4 is 0 Å². The number of quaternary nitrogens is 1. The summed E-state index contributed by atoms with van der Waals surface area (Å²) in [7, 11) is 2.36. The van der Waals surface area contributed by atoms with Gasteiger partial charge in [-0.2, -0.15) is 0 Å². The van der Waals surface area contributed by atoms with Crippen LogP contribution in [0.4, 0.5) is 0 Å². The number of ether oxygens (including phenoxy) is 1. The van der Waals surface area contributed by atoms with E-state index >= 15 is 0 Å². The third-order valence-electron chi connectivity index (χ3n) is 10.3. The molecule has 3 saturated carbocycles. The zero-order valence-electron chi connectivity index (χ0n) is 18.1. The maximum absolute atomic E-state index is 11.6. The van der Waals surface area contributed by atoms with Crippen LogP contribution < -0.4 is 0 Å². The highest BCUT2D eigenvalue weighted by atomic mass is 16.5. The molecule has 0 radical (unpaired) electrons. The van der Waals surface area contributed by atoms with Crippen LogP contribution in [0.5, 0.6) is 0 Å². The summed E-state index contributed by atoms with van der Waals surface area (Å²) in [5.41, 5.74) is 1.89. The molecule has 0 unspecified atom stereocenters. The van der Waals surface area contributed by atoms with Gasteiger partial charge in [-0.15, -0.1) is 0 Å². The smallest absolute Gasteiger partial charge is 0.116 e. The van der Waals surface area contributed by atoms with Crippen molar-refractivity contribution in [2.24, 2.45) is 28.6 Å². The topological polar surface area (TPSA) is 49.7 Å². The van der Waals surface area contributed by atoms with E-state index in [9.17, 15) is 10.2 Å². The lowest BCUT2D eigenvalue weighted by Gasteiger charge is -2.57. The van der Waals surface area contributed by atoms with Gasteiger partial charge < -0.3 is 19.4 Å². The van der Waals surface area contributed by atoms with Crippen molar-refractivity contribution in [3.63, 3.8) is 0 Å². The number of aliphatic hydroxyl groups is 2. The minimum atomic E-state index is -0.187. The van der Waals surface area contributed by atoms with Gasteiger partial charge in [0, 0.05) is 11.8 Å². The van der Waals surface area contributed by atoms with Crippen molar-refractivity contribution in [1.82, 2.24) is 0 Å². The monoisotopic (exact) mass is 390 g/mol. The van der Waals surface area contributed by atoms with Crippen molar-refractivity contribution in [2.45, 2.75) is 77.0 Å². The highest BCUT2D eigenvalue weighted by Crippen LogP contribution is 2.65. The Morgan fingerprint density at radius 1 is 1.07 bits per heavy atom. The molecule has 0 amide bonds. The summed E-state index contributed by atoms with van der Waals surface area (Å²) in [6, 6.07) is 0.365. The van der Waals surface area contributed by atoms with Crippen LogP contribution in [0, 0.1) is 28.6 Å². The number of hydrogen-bond donors (Lipinski definition) is 2. The Hall–Kier alpha value is -0.420. The second kappa shape index (κ2) is 6.54. The van der Waals surface area contributed by atoms with Gasteiger partial charge in [0.1, 0.15) is 25.2 Å². The molecule has 4 fully saturated rings. The van der Waals surface area contributed by atoms with E-state index in [0.29, 0.717) is 17.9 Å². The summed E-state index contributed by atoms with van der Waals surface area (Å²) in [6.45, 7) is 8.64. The molecule has 4 heteroatoms. The molecule has 2 N–H and O–H groups in total. The standard InChI is InChI=1S/C24H40NO3/c1-23-8-6-17(26)14-16(23)4-5-18-19(23)7-9-24(2)20(18)15-21(22(24)27)25(3)10-12-28-13-11-25/h4,17-22,26-27H,5-15H2,1-3H3/q+1/t17-,18+,19-,20-,21-,22-,23-,24-/m0/s1. The van der Waals surface area contributed by atoms with Crippen LogP contribution in [0.25, 0.3) is 0 Å². The number of allylic oxidation sites excluding steroid dienone is 1. The van der Waals surface area contributed by atoms with Gasteiger partial charge >= 0.3 is 0 Å². The first-order valence-electron chi connectivity index (χ1n) is 11.8. The van der Waals surface area contributed by atoms with E-state index in [1.807, 2.05) is 0 Å². The Morgan fingerprint density at radius 2 is 1.82 bits per heavy atom. The van der Waals surface area contributed by atoms with Crippen molar-refractivity contribution in [1.29, 1.82) is 0 Å². The maximum Gasteiger partial charge on any atom is 0.116 e.